The van der Waals surface area contributed by atoms with Gasteiger partial charge in [0.15, 0.2) is 5.16 Å². The zero-order valence-corrected chi connectivity index (χ0v) is 16.9. The Morgan fingerprint density at radius 1 is 1.21 bits per heavy atom. The Balaban J connectivity index is 1.65. The molecule has 1 amide bonds. The third kappa shape index (κ3) is 3.58. The largest absolute Gasteiger partial charge is 0.329 e. The van der Waals surface area contributed by atoms with Crippen molar-refractivity contribution in [3.8, 4) is 0 Å². The second-order valence-corrected chi connectivity index (χ2v) is 7.65. The molecule has 3 heterocycles. The lowest BCUT2D eigenvalue weighted by molar-refractivity contribution is 0.101. The quantitative estimate of drug-likeness (QED) is 0.550. The van der Waals surface area contributed by atoms with Crippen LogP contribution in [0.2, 0.25) is 5.02 Å². The van der Waals surface area contributed by atoms with E-state index in [1.807, 2.05) is 43.8 Å². The minimum absolute atomic E-state index is 0.0362. The number of nitrogens with zero attached hydrogens (tertiary/aromatic N) is 6. The number of carbonyl (C=O) groups excluding carboxylic acids is 1. The molecule has 0 spiro atoms. The minimum atomic E-state index is -0.438. The van der Waals surface area contributed by atoms with Crippen LogP contribution in [0.4, 0.5) is 5.69 Å². The Hall–Kier alpha value is -2.91. The predicted octanol–water partition coefficient (Wildman–Crippen LogP) is 3.53. The van der Waals surface area contributed by atoms with Crippen molar-refractivity contribution in [2.45, 2.75) is 23.9 Å². The zero-order valence-electron chi connectivity index (χ0n) is 15.3. The SMILES string of the molecule is Cc1cc(C)n2nc(C(=O)Nc3cc(Cl)ccc3Sc3nccn3C)nc2n1. The molecule has 0 aliphatic rings. The van der Waals surface area contributed by atoms with E-state index in [9.17, 15) is 4.79 Å². The summed E-state index contributed by atoms with van der Waals surface area (Å²) in [6.07, 6.45) is 3.57. The van der Waals surface area contributed by atoms with Crippen LogP contribution < -0.4 is 5.32 Å². The average Bonchev–Trinajstić information content (AvgIpc) is 3.24. The van der Waals surface area contributed by atoms with Gasteiger partial charge in [-0.05, 0) is 49.9 Å². The maximum absolute atomic E-state index is 12.8. The van der Waals surface area contributed by atoms with Crippen molar-refractivity contribution in [3.05, 3.63) is 58.9 Å². The van der Waals surface area contributed by atoms with Gasteiger partial charge in [-0.1, -0.05) is 11.6 Å². The van der Waals surface area contributed by atoms with Crippen molar-refractivity contribution >= 4 is 40.7 Å². The summed E-state index contributed by atoms with van der Waals surface area (Å²) in [5.41, 5.74) is 2.22. The molecular formula is C18H16ClN7OS. The number of carbonyl (C=O) groups is 1. The number of anilines is 1. The Kier molecular flexibility index (Phi) is 4.78. The molecule has 0 aliphatic carbocycles. The van der Waals surface area contributed by atoms with Crippen molar-refractivity contribution in [1.29, 1.82) is 0 Å². The average molecular weight is 414 g/mol. The van der Waals surface area contributed by atoms with E-state index in [1.54, 1.807) is 22.8 Å². The molecule has 4 rings (SSSR count). The van der Waals surface area contributed by atoms with Gasteiger partial charge in [0.25, 0.3) is 11.7 Å². The van der Waals surface area contributed by atoms with Gasteiger partial charge in [0.1, 0.15) is 0 Å². The number of amides is 1. The van der Waals surface area contributed by atoms with Gasteiger partial charge in [0.2, 0.25) is 5.82 Å². The lowest BCUT2D eigenvalue weighted by Crippen LogP contribution is -2.14. The van der Waals surface area contributed by atoms with E-state index in [0.717, 1.165) is 21.4 Å². The number of hydrogen-bond donors (Lipinski definition) is 1. The van der Waals surface area contributed by atoms with Crippen LogP contribution in [0.3, 0.4) is 0 Å². The molecule has 0 unspecified atom stereocenters. The van der Waals surface area contributed by atoms with E-state index in [-0.39, 0.29) is 5.82 Å². The minimum Gasteiger partial charge on any atom is -0.329 e. The van der Waals surface area contributed by atoms with Gasteiger partial charge < -0.3 is 9.88 Å². The first-order valence-electron chi connectivity index (χ1n) is 8.38. The second kappa shape index (κ2) is 7.25. The molecular weight excluding hydrogens is 398 g/mol. The second-order valence-electron chi connectivity index (χ2n) is 6.20. The Morgan fingerprint density at radius 2 is 2.04 bits per heavy atom. The fourth-order valence-electron chi connectivity index (χ4n) is 2.68. The lowest BCUT2D eigenvalue weighted by atomic mass is 10.3. The smallest absolute Gasteiger partial charge is 0.295 e. The first-order chi connectivity index (χ1) is 13.4. The topological polar surface area (TPSA) is 90.0 Å². The summed E-state index contributed by atoms with van der Waals surface area (Å²) < 4.78 is 3.44. The van der Waals surface area contributed by atoms with Gasteiger partial charge in [-0.15, -0.1) is 5.10 Å². The molecule has 10 heteroatoms. The molecule has 0 saturated carbocycles. The number of hydrogen-bond acceptors (Lipinski definition) is 6. The molecule has 1 aromatic carbocycles. The number of imidazole rings is 1. The summed E-state index contributed by atoms with van der Waals surface area (Å²) in [6, 6.07) is 7.17. The number of fused-ring (bicyclic) bond motifs is 1. The molecule has 0 bridgehead atoms. The Labute approximate surface area is 170 Å². The van der Waals surface area contributed by atoms with Crippen LogP contribution in [-0.4, -0.2) is 35.0 Å². The molecule has 4 aromatic rings. The van der Waals surface area contributed by atoms with E-state index in [4.69, 9.17) is 11.6 Å². The maximum Gasteiger partial charge on any atom is 0.295 e. The third-order valence-corrected chi connectivity index (χ3v) is 5.38. The van der Waals surface area contributed by atoms with E-state index < -0.39 is 5.91 Å². The first kappa shape index (κ1) is 18.5. The van der Waals surface area contributed by atoms with Crippen molar-refractivity contribution in [3.63, 3.8) is 0 Å². The normalized spacial score (nSPS) is 11.1. The maximum atomic E-state index is 12.8. The monoisotopic (exact) mass is 413 g/mol. The number of aromatic nitrogens is 6. The van der Waals surface area contributed by atoms with Gasteiger partial charge >= 0.3 is 0 Å². The molecule has 0 atom stereocenters. The summed E-state index contributed by atoms with van der Waals surface area (Å²) in [5.74, 6) is -0.0167. The lowest BCUT2D eigenvalue weighted by Gasteiger charge is -2.10. The molecule has 28 heavy (non-hydrogen) atoms. The summed E-state index contributed by atoms with van der Waals surface area (Å²) in [5, 5.41) is 8.41. The van der Waals surface area contributed by atoms with Crippen molar-refractivity contribution in [1.82, 2.24) is 29.1 Å². The van der Waals surface area contributed by atoms with Crippen molar-refractivity contribution < 1.29 is 4.79 Å². The number of rotatable bonds is 4. The highest BCUT2D eigenvalue weighted by Crippen LogP contribution is 2.34. The van der Waals surface area contributed by atoms with Crippen LogP contribution in [0, 0.1) is 13.8 Å². The molecule has 1 N–H and O–H groups in total. The van der Waals surface area contributed by atoms with Crippen molar-refractivity contribution in [2.75, 3.05) is 5.32 Å². The molecule has 0 aliphatic heterocycles. The van der Waals surface area contributed by atoms with Crippen LogP contribution in [0.15, 0.2) is 46.7 Å². The highest BCUT2D eigenvalue weighted by Gasteiger charge is 2.18. The summed E-state index contributed by atoms with van der Waals surface area (Å²) in [6.45, 7) is 3.76. The molecule has 8 nitrogen and oxygen atoms in total. The van der Waals surface area contributed by atoms with Gasteiger partial charge in [0.05, 0.1) is 5.69 Å². The van der Waals surface area contributed by atoms with Crippen LogP contribution in [0.25, 0.3) is 5.78 Å². The molecule has 3 aromatic heterocycles. The summed E-state index contributed by atoms with van der Waals surface area (Å²) >= 11 is 7.56. The molecule has 0 saturated heterocycles. The van der Waals surface area contributed by atoms with Crippen LogP contribution >= 0.6 is 23.4 Å². The van der Waals surface area contributed by atoms with E-state index in [0.29, 0.717) is 16.5 Å². The highest BCUT2D eigenvalue weighted by molar-refractivity contribution is 7.99. The fourth-order valence-corrected chi connectivity index (χ4v) is 3.72. The van der Waals surface area contributed by atoms with E-state index >= 15 is 0 Å². The predicted molar refractivity (Wildman–Crippen MR) is 107 cm³/mol. The first-order valence-corrected chi connectivity index (χ1v) is 9.57. The summed E-state index contributed by atoms with van der Waals surface area (Å²) in [4.78, 5) is 26.4. The van der Waals surface area contributed by atoms with Crippen LogP contribution in [0.5, 0.6) is 0 Å². The summed E-state index contributed by atoms with van der Waals surface area (Å²) in [7, 11) is 1.90. The van der Waals surface area contributed by atoms with E-state index in [2.05, 4.69) is 25.4 Å². The Bertz CT molecular complexity index is 1200. The van der Waals surface area contributed by atoms with Gasteiger partial charge in [-0.3, -0.25) is 4.79 Å². The van der Waals surface area contributed by atoms with E-state index in [1.165, 1.54) is 11.8 Å². The molecule has 0 radical (unpaired) electrons. The number of benzene rings is 1. The zero-order chi connectivity index (χ0) is 19.8. The van der Waals surface area contributed by atoms with Gasteiger partial charge in [0, 0.05) is 40.7 Å². The Morgan fingerprint density at radius 3 is 2.79 bits per heavy atom. The van der Waals surface area contributed by atoms with Gasteiger partial charge in [-0.25, -0.2) is 14.5 Å². The third-order valence-electron chi connectivity index (χ3n) is 3.99. The number of halogens is 1. The van der Waals surface area contributed by atoms with Crippen LogP contribution in [0.1, 0.15) is 22.0 Å². The van der Waals surface area contributed by atoms with Gasteiger partial charge in [-0.2, -0.15) is 4.98 Å². The van der Waals surface area contributed by atoms with Crippen molar-refractivity contribution in [2.24, 2.45) is 7.05 Å². The molecule has 0 fully saturated rings. The standard InChI is InChI=1S/C18H16ClN7OS/c1-10-8-11(2)26-17(21-10)23-15(24-26)16(27)22-13-9-12(19)4-5-14(13)28-18-20-6-7-25(18)3/h4-9H,1-3H3,(H,22,27). The highest BCUT2D eigenvalue weighted by atomic mass is 35.5. The number of aryl methyl sites for hydroxylation is 3. The molecule has 142 valence electrons. The number of nitrogens with one attached hydrogen (secondary N) is 1. The fraction of sp³-hybridized carbons (Fsp3) is 0.167. The van der Waals surface area contributed by atoms with Crippen LogP contribution in [-0.2, 0) is 7.05 Å².